The van der Waals surface area contributed by atoms with Gasteiger partial charge < -0.3 is 5.32 Å². The summed E-state index contributed by atoms with van der Waals surface area (Å²) in [7, 11) is 0. The Hall–Kier alpha value is -1.76. The molecule has 21 heavy (non-hydrogen) atoms. The Balaban J connectivity index is 1.84. The third-order valence-corrected chi connectivity index (χ3v) is 4.54. The minimum atomic E-state index is 0.222. The standard InChI is InChI=1S/C20H25N/c1-5-14-7-6-8-16-13-18(21-19(14)16)15-9-11-17(12-10-15)20(2,3)4/h6-12,18,21H,5,13H2,1-4H3. The van der Waals surface area contributed by atoms with Crippen LogP contribution in [0, 0.1) is 0 Å². The smallest absolute Gasteiger partial charge is 0.0555 e. The monoisotopic (exact) mass is 279 g/mol. The van der Waals surface area contributed by atoms with Crippen LogP contribution >= 0.6 is 0 Å². The second kappa shape index (κ2) is 5.22. The molecule has 0 fully saturated rings. The highest BCUT2D eigenvalue weighted by Gasteiger charge is 2.24. The molecule has 0 spiro atoms. The Morgan fingerprint density at radius 3 is 2.38 bits per heavy atom. The molecule has 1 aliphatic rings. The fraction of sp³-hybridized carbons (Fsp3) is 0.400. The van der Waals surface area contributed by atoms with Gasteiger partial charge >= 0.3 is 0 Å². The number of benzene rings is 2. The van der Waals surface area contributed by atoms with Gasteiger partial charge in [-0.3, -0.25) is 0 Å². The number of hydrogen-bond donors (Lipinski definition) is 1. The van der Waals surface area contributed by atoms with E-state index in [4.69, 9.17) is 0 Å². The third-order valence-electron chi connectivity index (χ3n) is 4.54. The van der Waals surface area contributed by atoms with Crippen LogP contribution in [0.2, 0.25) is 0 Å². The van der Waals surface area contributed by atoms with Crippen molar-refractivity contribution in [1.82, 2.24) is 0 Å². The van der Waals surface area contributed by atoms with Crippen molar-refractivity contribution >= 4 is 5.69 Å². The number of fused-ring (bicyclic) bond motifs is 1. The zero-order valence-electron chi connectivity index (χ0n) is 13.5. The lowest BCUT2D eigenvalue weighted by molar-refractivity contribution is 0.589. The Kier molecular flexibility index (Phi) is 3.52. The van der Waals surface area contributed by atoms with E-state index in [9.17, 15) is 0 Å². The van der Waals surface area contributed by atoms with Crippen LogP contribution in [0.1, 0.15) is 56.0 Å². The summed E-state index contributed by atoms with van der Waals surface area (Å²) in [5.41, 5.74) is 7.27. The fourth-order valence-electron chi connectivity index (χ4n) is 3.17. The summed E-state index contributed by atoms with van der Waals surface area (Å²) in [4.78, 5) is 0. The molecule has 1 aliphatic heterocycles. The predicted octanol–water partition coefficient (Wildman–Crippen LogP) is 5.26. The molecule has 1 heterocycles. The van der Waals surface area contributed by atoms with E-state index in [1.165, 1.54) is 27.9 Å². The first-order valence-electron chi connectivity index (χ1n) is 7.97. The van der Waals surface area contributed by atoms with Crippen molar-refractivity contribution in [2.75, 3.05) is 5.32 Å². The molecule has 110 valence electrons. The highest BCUT2D eigenvalue weighted by atomic mass is 15.0. The van der Waals surface area contributed by atoms with E-state index in [1.54, 1.807) is 0 Å². The molecule has 0 aliphatic carbocycles. The lowest BCUT2D eigenvalue weighted by atomic mass is 9.86. The molecule has 1 nitrogen and oxygen atoms in total. The Bertz CT molecular complexity index is 632. The zero-order valence-corrected chi connectivity index (χ0v) is 13.5. The molecule has 0 radical (unpaired) electrons. The second-order valence-corrected chi connectivity index (χ2v) is 7.08. The maximum Gasteiger partial charge on any atom is 0.0555 e. The van der Waals surface area contributed by atoms with Crippen LogP contribution in [0.3, 0.4) is 0 Å². The molecule has 2 aromatic carbocycles. The Morgan fingerprint density at radius 1 is 1.05 bits per heavy atom. The van der Waals surface area contributed by atoms with Crippen molar-refractivity contribution in [1.29, 1.82) is 0 Å². The van der Waals surface area contributed by atoms with E-state index in [0.29, 0.717) is 6.04 Å². The number of rotatable bonds is 2. The summed E-state index contributed by atoms with van der Waals surface area (Å²) < 4.78 is 0. The van der Waals surface area contributed by atoms with Crippen molar-refractivity contribution in [3.05, 3.63) is 64.7 Å². The summed E-state index contributed by atoms with van der Waals surface area (Å²) in [6, 6.07) is 16.2. The lowest BCUT2D eigenvalue weighted by Gasteiger charge is -2.20. The van der Waals surface area contributed by atoms with Crippen LogP contribution in [-0.2, 0) is 18.3 Å². The van der Waals surface area contributed by atoms with Gasteiger partial charge in [-0.15, -0.1) is 0 Å². The van der Waals surface area contributed by atoms with Gasteiger partial charge in [0.05, 0.1) is 6.04 Å². The summed E-state index contributed by atoms with van der Waals surface area (Å²) in [6.07, 6.45) is 2.18. The molecule has 2 aromatic rings. The minimum Gasteiger partial charge on any atom is -0.377 e. The maximum absolute atomic E-state index is 3.73. The molecule has 0 bridgehead atoms. The number of nitrogens with one attached hydrogen (secondary N) is 1. The molecule has 1 heteroatoms. The molecule has 0 aromatic heterocycles. The number of anilines is 1. The first-order valence-corrected chi connectivity index (χ1v) is 7.97. The quantitative estimate of drug-likeness (QED) is 0.791. The highest BCUT2D eigenvalue weighted by molar-refractivity contribution is 5.63. The first kappa shape index (κ1) is 14.2. The molecule has 1 unspecified atom stereocenters. The molecular weight excluding hydrogens is 254 g/mol. The third kappa shape index (κ3) is 2.70. The fourth-order valence-corrected chi connectivity index (χ4v) is 3.17. The van der Waals surface area contributed by atoms with Crippen LogP contribution in [0.15, 0.2) is 42.5 Å². The van der Waals surface area contributed by atoms with E-state index in [2.05, 4.69) is 75.5 Å². The van der Waals surface area contributed by atoms with Gasteiger partial charge in [0.1, 0.15) is 0 Å². The van der Waals surface area contributed by atoms with Crippen molar-refractivity contribution in [3.8, 4) is 0 Å². The Labute approximate surface area is 128 Å². The Morgan fingerprint density at radius 2 is 1.76 bits per heavy atom. The van der Waals surface area contributed by atoms with Crippen molar-refractivity contribution in [3.63, 3.8) is 0 Å². The SMILES string of the molecule is CCc1cccc2c1NC(c1ccc(C(C)(C)C)cc1)C2. The summed E-state index contributed by atoms with van der Waals surface area (Å²) in [5, 5.41) is 3.73. The maximum atomic E-state index is 3.73. The van der Waals surface area contributed by atoms with E-state index < -0.39 is 0 Å². The lowest BCUT2D eigenvalue weighted by Crippen LogP contribution is -2.12. The van der Waals surface area contributed by atoms with E-state index in [0.717, 1.165) is 12.8 Å². The molecule has 3 rings (SSSR count). The summed E-state index contributed by atoms with van der Waals surface area (Å²) in [5.74, 6) is 0. The largest absolute Gasteiger partial charge is 0.377 e. The average Bonchev–Trinajstić information content (AvgIpc) is 2.90. The highest BCUT2D eigenvalue weighted by Crippen LogP contribution is 2.37. The van der Waals surface area contributed by atoms with Crippen LogP contribution < -0.4 is 5.32 Å². The van der Waals surface area contributed by atoms with Crippen LogP contribution in [0.25, 0.3) is 0 Å². The van der Waals surface area contributed by atoms with E-state index in [1.807, 2.05) is 0 Å². The molecule has 0 saturated heterocycles. The number of hydrogen-bond acceptors (Lipinski definition) is 1. The van der Waals surface area contributed by atoms with Crippen molar-refractivity contribution in [2.24, 2.45) is 0 Å². The number of aryl methyl sites for hydroxylation is 1. The van der Waals surface area contributed by atoms with Gasteiger partial charge in [0.2, 0.25) is 0 Å². The minimum absolute atomic E-state index is 0.222. The normalized spacial score (nSPS) is 17.4. The van der Waals surface area contributed by atoms with Gasteiger partial charge in [-0.25, -0.2) is 0 Å². The van der Waals surface area contributed by atoms with Gasteiger partial charge in [-0.2, -0.15) is 0 Å². The van der Waals surface area contributed by atoms with E-state index in [-0.39, 0.29) is 5.41 Å². The number of para-hydroxylation sites is 1. The summed E-state index contributed by atoms with van der Waals surface area (Å²) in [6.45, 7) is 9.01. The predicted molar refractivity (Wildman–Crippen MR) is 91.0 cm³/mol. The van der Waals surface area contributed by atoms with Gasteiger partial charge in [0, 0.05) is 5.69 Å². The summed E-state index contributed by atoms with van der Waals surface area (Å²) >= 11 is 0. The second-order valence-electron chi connectivity index (χ2n) is 7.08. The van der Waals surface area contributed by atoms with Crippen molar-refractivity contribution in [2.45, 2.75) is 52.0 Å². The van der Waals surface area contributed by atoms with E-state index >= 15 is 0 Å². The molecule has 0 amide bonds. The molecule has 0 saturated carbocycles. The van der Waals surface area contributed by atoms with Gasteiger partial charge in [0.15, 0.2) is 0 Å². The zero-order chi connectivity index (χ0) is 15.0. The van der Waals surface area contributed by atoms with Gasteiger partial charge in [-0.1, -0.05) is 70.2 Å². The van der Waals surface area contributed by atoms with Gasteiger partial charge in [-0.05, 0) is 40.5 Å². The molecule has 1 atom stereocenters. The average molecular weight is 279 g/mol. The van der Waals surface area contributed by atoms with Crippen LogP contribution in [0.5, 0.6) is 0 Å². The van der Waals surface area contributed by atoms with Crippen LogP contribution in [0.4, 0.5) is 5.69 Å². The molecule has 1 N–H and O–H groups in total. The van der Waals surface area contributed by atoms with Gasteiger partial charge in [0.25, 0.3) is 0 Å². The van der Waals surface area contributed by atoms with Crippen LogP contribution in [-0.4, -0.2) is 0 Å². The first-order chi connectivity index (χ1) is 9.99. The van der Waals surface area contributed by atoms with Crippen molar-refractivity contribution < 1.29 is 0 Å². The molecular formula is C20H25N. The topological polar surface area (TPSA) is 12.0 Å².